The van der Waals surface area contributed by atoms with Crippen LogP contribution >= 0.6 is 0 Å². The van der Waals surface area contributed by atoms with E-state index in [1.807, 2.05) is 0 Å². The van der Waals surface area contributed by atoms with Crippen LogP contribution < -0.4 is 0 Å². The second-order valence-corrected chi connectivity index (χ2v) is 2.42. The van der Waals surface area contributed by atoms with Crippen molar-refractivity contribution in [3.05, 3.63) is 35.5 Å². The van der Waals surface area contributed by atoms with Crippen LogP contribution in [-0.4, -0.2) is 0 Å². The molecule has 0 heterocycles. The van der Waals surface area contributed by atoms with E-state index in [9.17, 15) is 8.78 Å². The highest BCUT2D eigenvalue weighted by Crippen LogP contribution is 2.21. The van der Waals surface area contributed by atoms with Crippen LogP contribution in [0.3, 0.4) is 0 Å². The van der Waals surface area contributed by atoms with E-state index in [4.69, 9.17) is 0 Å². The zero-order valence-electron chi connectivity index (χ0n) is 6.40. The lowest BCUT2D eigenvalue weighted by atomic mass is 10.2. The van der Waals surface area contributed by atoms with Crippen LogP contribution in [0.1, 0.15) is 19.8 Å². The molecule has 1 rings (SSSR count). The van der Waals surface area contributed by atoms with Crippen molar-refractivity contribution in [2.24, 2.45) is 0 Å². The van der Waals surface area contributed by atoms with Crippen molar-refractivity contribution < 1.29 is 8.78 Å². The monoisotopic (exact) mass is 156 g/mol. The van der Waals surface area contributed by atoms with Crippen molar-refractivity contribution in [2.75, 3.05) is 0 Å². The smallest absolute Gasteiger partial charge is 0.126 e. The summed E-state index contributed by atoms with van der Waals surface area (Å²) in [6.45, 7) is 1.80. The zero-order valence-corrected chi connectivity index (χ0v) is 6.40. The summed E-state index contributed by atoms with van der Waals surface area (Å²) >= 11 is 0. The van der Waals surface area contributed by atoms with Gasteiger partial charge in [0.05, 0.1) is 0 Å². The molecule has 0 saturated carbocycles. The highest BCUT2D eigenvalue weighted by molar-refractivity contribution is 5.33. The third kappa shape index (κ3) is 2.00. The van der Waals surface area contributed by atoms with E-state index in [1.54, 1.807) is 6.92 Å². The number of rotatable bonds is 1. The predicted octanol–water partition coefficient (Wildman–Crippen LogP) is 3.43. The molecular formula is C9H10F2. The number of halogens is 2. The molecule has 0 fully saturated rings. The average molecular weight is 156 g/mol. The lowest BCUT2D eigenvalue weighted by Crippen LogP contribution is -1.78. The Bertz CT molecular complexity index is 234. The van der Waals surface area contributed by atoms with Gasteiger partial charge in [-0.05, 0) is 24.1 Å². The molecule has 0 aromatic heterocycles. The van der Waals surface area contributed by atoms with Gasteiger partial charge in [0.1, 0.15) is 11.7 Å². The molecule has 11 heavy (non-hydrogen) atoms. The summed E-state index contributed by atoms with van der Waals surface area (Å²) in [6, 6.07) is 0. The summed E-state index contributed by atoms with van der Waals surface area (Å²) in [5.41, 5.74) is 0.441. The van der Waals surface area contributed by atoms with Gasteiger partial charge in [0, 0.05) is 6.42 Å². The molecule has 1 aliphatic rings. The molecule has 0 spiro atoms. The Balaban J connectivity index is 2.97. The van der Waals surface area contributed by atoms with Crippen molar-refractivity contribution in [3.63, 3.8) is 0 Å². The minimum absolute atomic E-state index is 0.205. The topological polar surface area (TPSA) is 0 Å². The molecular weight excluding hydrogens is 146 g/mol. The Kier molecular flexibility index (Phi) is 2.58. The second kappa shape index (κ2) is 3.46. The van der Waals surface area contributed by atoms with E-state index in [0.29, 0.717) is 12.0 Å². The van der Waals surface area contributed by atoms with Crippen molar-refractivity contribution >= 4 is 0 Å². The number of hydrogen-bond donors (Lipinski definition) is 0. The average Bonchev–Trinajstić information content (AvgIpc) is 2.13. The molecule has 0 saturated heterocycles. The minimum Gasteiger partial charge on any atom is -0.211 e. The Hall–Kier alpha value is -0.920. The summed E-state index contributed by atoms with van der Waals surface area (Å²) in [5.74, 6) is -0.592. The number of allylic oxidation sites excluding steroid dienone is 6. The molecule has 60 valence electrons. The highest BCUT2D eigenvalue weighted by Gasteiger charge is 2.04. The summed E-state index contributed by atoms with van der Waals surface area (Å²) in [7, 11) is 0. The van der Waals surface area contributed by atoms with Gasteiger partial charge in [-0.3, -0.25) is 0 Å². The van der Waals surface area contributed by atoms with E-state index >= 15 is 0 Å². The first-order valence-electron chi connectivity index (χ1n) is 3.65. The molecule has 0 nitrogen and oxygen atoms in total. The molecule has 0 amide bonds. The predicted molar refractivity (Wildman–Crippen MR) is 41.4 cm³/mol. The fourth-order valence-corrected chi connectivity index (χ4v) is 0.970. The standard InChI is InChI=1S/C9H10F2/c1-2-7-6-8(10)4-3-5-9(7)11/h3,5-6H,2,4H2,1H3. The molecule has 0 bridgehead atoms. The first-order chi connectivity index (χ1) is 5.24. The maximum atomic E-state index is 12.9. The zero-order chi connectivity index (χ0) is 8.27. The van der Waals surface area contributed by atoms with Crippen molar-refractivity contribution in [1.29, 1.82) is 0 Å². The third-order valence-electron chi connectivity index (χ3n) is 1.60. The van der Waals surface area contributed by atoms with Gasteiger partial charge in [-0.2, -0.15) is 0 Å². The van der Waals surface area contributed by atoms with Gasteiger partial charge in [0.25, 0.3) is 0 Å². The van der Waals surface area contributed by atoms with Crippen molar-refractivity contribution in [3.8, 4) is 0 Å². The van der Waals surface area contributed by atoms with E-state index in [0.717, 1.165) is 0 Å². The highest BCUT2D eigenvalue weighted by atomic mass is 19.1. The molecule has 0 unspecified atom stereocenters. The Morgan fingerprint density at radius 1 is 1.45 bits per heavy atom. The van der Waals surface area contributed by atoms with E-state index in [1.165, 1.54) is 18.2 Å². The molecule has 0 atom stereocenters. The third-order valence-corrected chi connectivity index (χ3v) is 1.60. The SMILES string of the molecule is CCC1=C(F)C=CCC(F)=C1. The summed E-state index contributed by atoms with van der Waals surface area (Å²) in [4.78, 5) is 0. The Labute approximate surface area is 64.9 Å². The van der Waals surface area contributed by atoms with E-state index in [-0.39, 0.29) is 18.1 Å². The van der Waals surface area contributed by atoms with Gasteiger partial charge in [-0.25, -0.2) is 8.78 Å². The first kappa shape index (κ1) is 8.18. The van der Waals surface area contributed by atoms with Gasteiger partial charge in [-0.1, -0.05) is 13.0 Å². The molecule has 0 aliphatic heterocycles. The first-order valence-corrected chi connectivity index (χ1v) is 3.65. The lowest BCUT2D eigenvalue weighted by Gasteiger charge is -1.95. The van der Waals surface area contributed by atoms with E-state index in [2.05, 4.69) is 0 Å². The fourth-order valence-electron chi connectivity index (χ4n) is 0.970. The van der Waals surface area contributed by atoms with Crippen LogP contribution in [0.5, 0.6) is 0 Å². The minimum atomic E-state index is -0.319. The molecule has 0 radical (unpaired) electrons. The van der Waals surface area contributed by atoms with Gasteiger partial charge < -0.3 is 0 Å². The van der Waals surface area contributed by atoms with Crippen LogP contribution in [0.15, 0.2) is 35.5 Å². The summed E-state index contributed by atoms with van der Waals surface area (Å²) in [5, 5.41) is 0. The summed E-state index contributed by atoms with van der Waals surface area (Å²) in [6.07, 6.45) is 4.82. The molecule has 0 N–H and O–H groups in total. The lowest BCUT2D eigenvalue weighted by molar-refractivity contribution is 0.616. The van der Waals surface area contributed by atoms with E-state index < -0.39 is 0 Å². The molecule has 1 aliphatic carbocycles. The Morgan fingerprint density at radius 3 is 2.82 bits per heavy atom. The van der Waals surface area contributed by atoms with Gasteiger partial charge in [0.2, 0.25) is 0 Å². The van der Waals surface area contributed by atoms with Crippen molar-refractivity contribution in [2.45, 2.75) is 19.8 Å². The van der Waals surface area contributed by atoms with Crippen LogP contribution in [0.25, 0.3) is 0 Å². The van der Waals surface area contributed by atoms with Crippen LogP contribution in [-0.2, 0) is 0 Å². The quantitative estimate of drug-likeness (QED) is 0.545. The normalized spacial score (nSPS) is 18.3. The molecule has 2 heteroatoms. The largest absolute Gasteiger partial charge is 0.211 e. The second-order valence-electron chi connectivity index (χ2n) is 2.42. The molecule has 0 aromatic rings. The Morgan fingerprint density at radius 2 is 2.18 bits per heavy atom. The van der Waals surface area contributed by atoms with Crippen molar-refractivity contribution in [1.82, 2.24) is 0 Å². The maximum absolute atomic E-state index is 12.9. The van der Waals surface area contributed by atoms with Crippen LogP contribution in [0, 0.1) is 0 Å². The number of hydrogen-bond acceptors (Lipinski definition) is 0. The van der Waals surface area contributed by atoms with Gasteiger partial charge in [0.15, 0.2) is 0 Å². The maximum Gasteiger partial charge on any atom is 0.126 e. The fraction of sp³-hybridized carbons (Fsp3) is 0.333. The van der Waals surface area contributed by atoms with Crippen LogP contribution in [0.2, 0.25) is 0 Å². The van der Waals surface area contributed by atoms with Gasteiger partial charge in [-0.15, -0.1) is 0 Å². The summed E-state index contributed by atoms with van der Waals surface area (Å²) < 4.78 is 25.5. The van der Waals surface area contributed by atoms with Crippen LogP contribution in [0.4, 0.5) is 8.78 Å². The van der Waals surface area contributed by atoms with Gasteiger partial charge >= 0.3 is 0 Å². The molecule has 0 aromatic carbocycles.